The quantitative estimate of drug-likeness (QED) is 0.598. The van der Waals surface area contributed by atoms with Crippen molar-refractivity contribution in [3.8, 4) is 0 Å². The molecule has 5 nitrogen and oxygen atoms in total. The average molecular weight is 344 g/mol. The Labute approximate surface area is 145 Å². The van der Waals surface area contributed by atoms with Crippen LogP contribution in [0.3, 0.4) is 0 Å². The first-order valence-corrected chi connectivity index (χ1v) is 7.92. The highest BCUT2D eigenvalue weighted by Crippen LogP contribution is 2.13. The zero-order valence-electron chi connectivity index (χ0n) is 13.0. The van der Waals surface area contributed by atoms with Crippen LogP contribution in [0.4, 0.5) is 5.69 Å². The van der Waals surface area contributed by atoms with Crippen molar-refractivity contribution in [2.24, 2.45) is 0 Å². The van der Waals surface area contributed by atoms with Gasteiger partial charge >= 0.3 is 0 Å². The molecule has 1 aromatic heterocycles. The minimum Gasteiger partial charge on any atom is -0.353 e. The number of amides is 2. The highest BCUT2D eigenvalue weighted by molar-refractivity contribution is 6.30. The second-order valence-electron chi connectivity index (χ2n) is 5.07. The molecule has 2 amide bonds. The van der Waals surface area contributed by atoms with Gasteiger partial charge in [-0.05, 0) is 48.4 Å². The maximum atomic E-state index is 11.8. The molecular weight excluding hydrogens is 326 g/mol. The van der Waals surface area contributed by atoms with Crippen LogP contribution in [0.1, 0.15) is 18.4 Å². The fourth-order valence-electron chi connectivity index (χ4n) is 1.92. The molecule has 0 atom stereocenters. The van der Waals surface area contributed by atoms with Gasteiger partial charge < -0.3 is 10.6 Å². The van der Waals surface area contributed by atoms with Gasteiger partial charge in [0.05, 0.1) is 0 Å². The van der Waals surface area contributed by atoms with E-state index >= 15 is 0 Å². The second kappa shape index (κ2) is 9.47. The first-order valence-electron chi connectivity index (χ1n) is 7.55. The molecule has 0 saturated carbocycles. The van der Waals surface area contributed by atoms with E-state index in [1.54, 1.807) is 48.8 Å². The Bertz CT molecular complexity index is 700. The molecule has 0 spiro atoms. The summed E-state index contributed by atoms with van der Waals surface area (Å²) in [7, 11) is 0. The van der Waals surface area contributed by atoms with Crippen LogP contribution in [-0.2, 0) is 9.59 Å². The van der Waals surface area contributed by atoms with Crippen molar-refractivity contribution >= 4 is 35.2 Å². The summed E-state index contributed by atoms with van der Waals surface area (Å²) in [5.41, 5.74) is 1.56. The summed E-state index contributed by atoms with van der Waals surface area (Å²) < 4.78 is 0. The largest absolute Gasteiger partial charge is 0.353 e. The molecule has 0 unspecified atom stereocenters. The normalized spacial score (nSPS) is 10.5. The van der Waals surface area contributed by atoms with Crippen LogP contribution in [0.2, 0.25) is 5.02 Å². The average Bonchev–Trinajstić information content (AvgIpc) is 2.60. The van der Waals surface area contributed by atoms with Gasteiger partial charge in [0.1, 0.15) is 0 Å². The molecule has 1 heterocycles. The van der Waals surface area contributed by atoms with E-state index in [-0.39, 0.29) is 11.8 Å². The summed E-state index contributed by atoms with van der Waals surface area (Å²) in [5, 5.41) is 6.13. The smallest absolute Gasteiger partial charge is 0.244 e. The van der Waals surface area contributed by atoms with Gasteiger partial charge in [-0.2, -0.15) is 0 Å². The van der Waals surface area contributed by atoms with Crippen molar-refractivity contribution in [2.75, 3.05) is 11.9 Å². The third-order valence-electron chi connectivity index (χ3n) is 3.12. The lowest BCUT2D eigenvalue weighted by atomic mass is 10.2. The van der Waals surface area contributed by atoms with Gasteiger partial charge in [-0.25, -0.2) is 0 Å². The van der Waals surface area contributed by atoms with E-state index in [4.69, 9.17) is 11.6 Å². The van der Waals surface area contributed by atoms with E-state index in [0.29, 0.717) is 30.1 Å². The van der Waals surface area contributed by atoms with Gasteiger partial charge in [-0.15, -0.1) is 0 Å². The summed E-state index contributed by atoms with van der Waals surface area (Å²) >= 11 is 5.78. The number of hydrogen-bond donors (Lipinski definition) is 2. The standard InChI is InChI=1S/C18H18ClN3O2/c19-15-6-8-16(9-7-15)22-18(24)4-2-12-21-17(23)10-5-14-3-1-11-20-13-14/h1,3,5-11,13H,2,4,12H2,(H,21,23)(H,22,24)/b10-5+. The van der Waals surface area contributed by atoms with Crippen LogP contribution >= 0.6 is 11.6 Å². The number of anilines is 1. The fraction of sp³-hybridized carbons (Fsp3) is 0.167. The van der Waals surface area contributed by atoms with Crippen molar-refractivity contribution in [1.82, 2.24) is 10.3 Å². The molecule has 1 aromatic carbocycles. The minimum absolute atomic E-state index is 0.0996. The monoisotopic (exact) mass is 343 g/mol. The van der Waals surface area contributed by atoms with Gasteiger partial charge in [0.25, 0.3) is 0 Å². The van der Waals surface area contributed by atoms with Crippen molar-refractivity contribution in [1.29, 1.82) is 0 Å². The first kappa shape index (κ1) is 17.7. The fourth-order valence-corrected chi connectivity index (χ4v) is 2.05. The lowest BCUT2D eigenvalue weighted by Gasteiger charge is -2.05. The van der Waals surface area contributed by atoms with Gasteiger partial charge in [0.2, 0.25) is 11.8 Å². The van der Waals surface area contributed by atoms with Gasteiger partial charge in [-0.3, -0.25) is 14.6 Å². The molecule has 124 valence electrons. The molecule has 0 aliphatic heterocycles. The molecule has 24 heavy (non-hydrogen) atoms. The van der Waals surface area contributed by atoms with Crippen LogP contribution in [0, 0.1) is 0 Å². The van der Waals surface area contributed by atoms with E-state index in [0.717, 1.165) is 5.56 Å². The predicted molar refractivity (Wildman–Crippen MR) is 95.6 cm³/mol. The topological polar surface area (TPSA) is 71.1 Å². The van der Waals surface area contributed by atoms with Crippen LogP contribution in [-0.4, -0.2) is 23.3 Å². The minimum atomic E-state index is -0.197. The number of carbonyl (C=O) groups excluding carboxylic acids is 2. The maximum Gasteiger partial charge on any atom is 0.244 e. The number of halogens is 1. The Hall–Kier alpha value is -2.66. The summed E-state index contributed by atoms with van der Waals surface area (Å²) in [5.74, 6) is -0.297. The number of hydrogen-bond acceptors (Lipinski definition) is 3. The number of benzene rings is 1. The van der Waals surface area contributed by atoms with Gasteiger partial charge in [0.15, 0.2) is 0 Å². The molecule has 0 aliphatic rings. The van der Waals surface area contributed by atoms with Crippen molar-refractivity contribution in [3.63, 3.8) is 0 Å². The highest BCUT2D eigenvalue weighted by Gasteiger charge is 2.03. The van der Waals surface area contributed by atoms with Crippen LogP contribution in [0.5, 0.6) is 0 Å². The lowest BCUT2D eigenvalue weighted by Crippen LogP contribution is -2.23. The molecule has 0 saturated heterocycles. The molecule has 2 rings (SSSR count). The molecule has 6 heteroatoms. The lowest BCUT2D eigenvalue weighted by molar-refractivity contribution is -0.118. The van der Waals surface area contributed by atoms with Crippen molar-refractivity contribution in [2.45, 2.75) is 12.8 Å². The molecule has 0 fully saturated rings. The molecule has 0 bridgehead atoms. The third kappa shape index (κ3) is 6.62. The van der Waals surface area contributed by atoms with E-state index in [2.05, 4.69) is 15.6 Å². The molecule has 0 radical (unpaired) electrons. The predicted octanol–water partition coefficient (Wildman–Crippen LogP) is 3.28. The number of carbonyl (C=O) groups is 2. The zero-order valence-corrected chi connectivity index (χ0v) is 13.8. The summed E-state index contributed by atoms with van der Waals surface area (Å²) in [6.45, 7) is 0.435. The Morgan fingerprint density at radius 1 is 1.17 bits per heavy atom. The van der Waals surface area contributed by atoms with Gasteiger partial charge in [-0.1, -0.05) is 17.7 Å². The van der Waals surface area contributed by atoms with Crippen LogP contribution in [0.15, 0.2) is 54.9 Å². The Balaban J connectivity index is 1.63. The van der Waals surface area contributed by atoms with E-state index in [9.17, 15) is 9.59 Å². The molecule has 0 aliphatic carbocycles. The third-order valence-corrected chi connectivity index (χ3v) is 3.37. The summed E-state index contributed by atoms with van der Waals surface area (Å²) in [6, 6.07) is 10.6. The van der Waals surface area contributed by atoms with Crippen molar-refractivity contribution < 1.29 is 9.59 Å². The van der Waals surface area contributed by atoms with E-state index in [1.165, 1.54) is 6.08 Å². The zero-order chi connectivity index (χ0) is 17.2. The number of nitrogens with one attached hydrogen (secondary N) is 2. The Kier molecular flexibility index (Phi) is 6.98. The summed E-state index contributed by atoms with van der Waals surface area (Å²) in [4.78, 5) is 27.4. The van der Waals surface area contributed by atoms with Crippen molar-refractivity contribution in [3.05, 3.63) is 65.5 Å². The molecule has 2 N–H and O–H groups in total. The Morgan fingerprint density at radius 2 is 1.96 bits per heavy atom. The molecular formula is C18H18ClN3O2. The number of pyridine rings is 1. The Morgan fingerprint density at radius 3 is 2.67 bits per heavy atom. The second-order valence-corrected chi connectivity index (χ2v) is 5.51. The van der Waals surface area contributed by atoms with E-state index < -0.39 is 0 Å². The summed E-state index contributed by atoms with van der Waals surface area (Å²) in [6.07, 6.45) is 7.37. The van der Waals surface area contributed by atoms with Crippen LogP contribution < -0.4 is 10.6 Å². The first-order chi connectivity index (χ1) is 11.6. The maximum absolute atomic E-state index is 11.8. The number of aromatic nitrogens is 1. The highest BCUT2D eigenvalue weighted by atomic mass is 35.5. The van der Waals surface area contributed by atoms with Gasteiger partial charge in [0, 0.05) is 42.1 Å². The van der Waals surface area contributed by atoms with Crippen LogP contribution in [0.25, 0.3) is 6.08 Å². The number of nitrogens with zero attached hydrogens (tertiary/aromatic N) is 1. The SMILES string of the molecule is O=C(/C=C/c1cccnc1)NCCCC(=O)Nc1ccc(Cl)cc1. The number of rotatable bonds is 7. The molecule has 2 aromatic rings. The van der Waals surface area contributed by atoms with E-state index in [1.807, 2.05) is 6.07 Å².